The molecule has 0 spiro atoms. The summed E-state index contributed by atoms with van der Waals surface area (Å²) in [6.45, 7) is -1.39. The summed E-state index contributed by atoms with van der Waals surface area (Å²) in [6, 6.07) is 10.7. The normalized spacial score (nSPS) is 12.4. The van der Waals surface area contributed by atoms with Gasteiger partial charge in [-0.2, -0.15) is 18.3 Å². The highest BCUT2D eigenvalue weighted by molar-refractivity contribution is 6.07. The van der Waals surface area contributed by atoms with Gasteiger partial charge in [-0.25, -0.2) is 14.3 Å². The maximum Gasteiger partial charge on any atom is 0.405 e. The molecule has 1 aliphatic rings. The summed E-state index contributed by atoms with van der Waals surface area (Å²) in [7, 11) is 0. The molecule has 0 unspecified atom stereocenters. The van der Waals surface area contributed by atoms with E-state index in [1.54, 1.807) is 42.5 Å². The van der Waals surface area contributed by atoms with Crippen LogP contribution in [0.3, 0.4) is 0 Å². The lowest BCUT2D eigenvalue weighted by Crippen LogP contribution is -2.33. The molecule has 190 valence electrons. The molecule has 14 heteroatoms. The van der Waals surface area contributed by atoms with E-state index in [2.05, 4.69) is 20.7 Å². The molecule has 5 N–H and O–H groups in total. The third kappa shape index (κ3) is 5.03. The summed E-state index contributed by atoms with van der Waals surface area (Å²) in [6.07, 6.45) is -2.14. The average molecular weight is 513 g/mol. The van der Waals surface area contributed by atoms with Crippen molar-refractivity contribution in [1.29, 1.82) is 0 Å². The number of urea groups is 1. The summed E-state index contributed by atoms with van der Waals surface area (Å²) < 4.78 is 49.8. The highest BCUT2D eigenvalue weighted by atomic mass is 19.4. The Balaban J connectivity index is 1.37. The van der Waals surface area contributed by atoms with E-state index in [1.165, 1.54) is 10.7 Å². The van der Waals surface area contributed by atoms with Crippen LogP contribution in [-0.4, -0.2) is 46.1 Å². The SMILES string of the molecule is Nc1ncnn2cc(C(=O)NCC(F)(F)F)c(-c3ccc(NC(=O)Nc4ccc5c(c4)OCO5)cc3)c12. The number of aromatic nitrogens is 3. The number of ether oxygens (including phenoxy) is 2. The fraction of sp³-hybridized carbons (Fsp3) is 0.130. The first-order chi connectivity index (χ1) is 17.7. The molecular weight excluding hydrogens is 495 g/mol. The minimum atomic E-state index is -4.58. The van der Waals surface area contributed by atoms with Gasteiger partial charge in [0.2, 0.25) is 6.79 Å². The second kappa shape index (κ2) is 9.22. The maximum absolute atomic E-state index is 12.7. The summed E-state index contributed by atoms with van der Waals surface area (Å²) in [5.41, 5.74) is 7.76. The molecule has 0 fully saturated rings. The topological polar surface area (TPSA) is 145 Å². The Morgan fingerprint density at radius 1 is 1.03 bits per heavy atom. The number of rotatable bonds is 5. The number of benzene rings is 2. The molecule has 3 amide bonds. The van der Waals surface area contributed by atoms with Gasteiger partial charge in [-0.15, -0.1) is 0 Å². The van der Waals surface area contributed by atoms with Crippen molar-refractivity contribution in [2.75, 3.05) is 29.7 Å². The first kappa shape index (κ1) is 23.7. The quantitative estimate of drug-likeness (QED) is 0.319. The van der Waals surface area contributed by atoms with Crippen LogP contribution in [0.2, 0.25) is 0 Å². The summed E-state index contributed by atoms with van der Waals surface area (Å²) in [5, 5.41) is 11.2. The van der Waals surface area contributed by atoms with Crippen LogP contribution in [0, 0.1) is 0 Å². The molecular formula is C23H18F3N7O4. The van der Waals surface area contributed by atoms with Crippen molar-refractivity contribution >= 4 is 34.6 Å². The lowest BCUT2D eigenvalue weighted by Gasteiger charge is -2.11. The van der Waals surface area contributed by atoms with Crippen molar-refractivity contribution in [3.8, 4) is 22.6 Å². The summed E-state index contributed by atoms with van der Waals surface area (Å²) in [5.74, 6) is 0.172. The number of halogens is 3. The molecule has 0 atom stereocenters. The van der Waals surface area contributed by atoms with Gasteiger partial charge in [0, 0.05) is 29.2 Å². The Morgan fingerprint density at radius 3 is 2.49 bits per heavy atom. The van der Waals surface area contributed by atoms with E-state index in [0.717, 1.165) is 6.33 Å². The van der Waals surface area contributed by atoms with Gasteiger partial charge < -0.3 is 31.2 Å². The van der Waals surface area contributed by atoms with Crippen LogP contribution in [0.4, 0.5) is 35.2 Å². The van der Waals surface area contributed by atoms with Gasteiger partial charge in [0.05, 0.1) is 5.56 Å². The minimum Gasteiger partial charge on any atom is -0.454 e. The van der Waals surface area contributed by atoms with E-state index in [4.69, 9.17) is 15.2 Å². The van der Waals surface area contributed by atoms with Crippen LogP contribution in [0.1, 0.15) is 10.4 Å². The van der Waals surface area contributed by atoms with E-state index in [9.17, 15) is 22.8 Å². The van der Waals surface area contributed by atoms with E-state index >= 15 is 0 Å². The van der Waals surface area contributed by atoms with E-state index in [0.29, 0.717) is 28.4 Å². The fourth-order valence-electron chi connectivity index (χ4n) is 3.76. The monoisotopic (exact) mass is 513 g/mol. The number of carbonyl (C=O) groups excluding carboxylic acids is 2. The van der Waals surface area contributed by atoms with Crippen LogP contribution in [0.15, 0.2) is 55.0 Å². The Hall–Kier alpha value is -5.01. The molecule has 0 saturated carbocycles. The van der Waals surface area contributed by atoms with Crippen LogP contribution >= 0.6 is 0 Å². The Labute approximate surface area is 206 Å². The van der Waals surface area contributed by atoms with Crippen LogP contribution in [-0.2, 0) is 0 Å². The third-order valence-electron chi connectivity index (χ3n) is 5.36. The number of fused-ring (bicyclic) bond motifs is 2. The molecule has 5 rings (SSSR count). The van der Waals surface area contributed by atoms with Crippen LogP contribution in [0.25, 0.3) is 16.6 Å². The molecule has 1 aliphatic heterocycles. The third-order valence-corrected chi connectivity index (χ3v) is 5.36. The highest BCUT2D eigenvalue weighted by Crippen LogP contribution is 2.35. The van der Waals surface area contributed by atoms with Gasteiger partial charge in [-0.05, 0) is 29.8 Å². The number of nitrogens with one attached hydrogen (secondary N) is 3. The zero-order valence-corrected chi connectivity index (χ0v) is 18.8. The maximum atomic E-state index is 12.7. The summed E-state index contributed by atoms with van der Waals surface area (Å²) >= 11 is 0. The number of hydrogen-bond acceptors (Lipinski definition) is 7. The highest BCUT2D eigenvalue weighted by Gasteiger charge is 2.29. The summed E-state index contributed by atoms with van der Waals surface area (Å²) in [4.78, 5) is 29.0. The standard InChI is InChI=1S/C23H18F3N7O4/c24-23(25,26)9-28-21(34)15-8-33-19(20(27)29-10-30-33)18(15)12-1-3-13(4-2-12)31-22(35)32-14-5-6-16-17(7-14)37-11-36-16/h1-8,10H,9,11H2,(H,28,34)(H2,27,29,30)(H2,31,32,35). The van der Waals surface area contributed by atoms with Gasteiger partial charge >= 0.3 is 12.2 Å². The van der Waals surface area contributed by atoms with Crippen molar-refractivity contribution in [1.82, 2.24) is 19.9 Å². The number of hydrogen-bond donors (Lipinski definition) is 4. The van der Waals surface area contributed by atoms with Gasteiger partial charge in [0.1, 0.15) is 18.4 Å². The van der Waals surface area contributed by atoms with Gasteiger partial charge in [-0.3, -0.25) is 4.79 Å². The van der Waals surface area contributed by atoms with Crippen molar-refractivity contribution < 1.29 is 32.2 Å². The van der Waals surface area contributed by atoms with Crippen LogP contribution < -0.4 is 31.2 Å². The zero-order chi connectivity index (χ0) is 26.2. The number of nitrogens with two attached hydrogens (primary N) is 1. The molecule has 0 saturated heterocycles. The smallest absolute Gasteiger partial charge is 0.405 e. The van der Waals surface area contributed by atoms with Gasteiger partial charge in [0.15, 0.2) is 17.3 Å². The lowest BCUT2D eigenvalue weighted by atomic mass is 10.0. The molecule has 0 bridgehead atoms. The van der Waals surface area contributed by atoms with Gasteiger partial charge in [0.25, 0.3) is 5.91 Å². The van der Waals surface area contributed by atoms with Crippen molar-refractivity contribution in [2.24, 2.45) is 0 Å². The molecule has 11 nitrogen and oxygen atoms in total. The molecule has 37 heavy (non-hydrogen) atoms. The largest absolute Gasteiger partial charge is 0.454 e. The minimum absolute atomic E-state index is 0.0326. The predicted molar refractivity (Wildman–Crippen MR) is 126 cm³/mol. The van der Waals surface area contributed by atoms with Crippen molar-refractivity contribution in [3.05, 3.63) is 60.6 Å². The second-order valence-corrected chi connectivity index (χ2v) is 7.88. The first-order valence-corrected chi connectivity index (χ1v) is 10.7. The van der Waals surface area contributed by atoms with Gasteiger partial charge in [-0.1, -0.05) is 12.1 Å². The van der Waals surface area contributed by atoms with E-state index in [-0.39, 0.29) is 29.3 Å². The lowest BCUT2D eigenvalue weighted by molar-refractivity contribution is -0.123. The number of nitrogen functional groups attached to an aromatic ring is 1. The molecule has 3 heterocycles. The van der Waals surface area contributed by atoms with E-state index < -0.39 is 24.7 Å². The Morgan fingerprint density at radius 2 is 1.73 bits per heavy atom. The molecule has 4 aromatic rings. The second-order valence-electron chi connectivity index (χ2n) is 7.88. The van der Waals surface area contributed by atoms with Crippen molar-refractivity contribution in [2.45, 2.75) is 6.18 Å². The molecule has 0 radical (unpaired) electrons. The number of alkyl halides is 3. The number of carbonyl (C=O) groups is 2. The zero-order valence-electron chi connectivity index (χ0n) is 18.8. The number of nitrogens with zero attached hydrogens (tertiary/aromatic N) is 3. The molecule has 2 aromatic heterocycles. The fourth-order valence-corrected chi connectivity index (χ4v) is 3.76. The van der Waals surface area contributed by atoms with Crippen molar-refractivity contribution in [3.63, 3.8) is 0 Å². The first-order valence-electron chi connectivity index (χ1n) is 10.7. The number of amides is 3. The predicted octanol–water partition coefficient (Wildman–Crippen LogP) is 3.64. The van der Waals surface area contributed by atoms with E-state index in [1.807, 2.05) is 5.32 Å². The molecule has 0 aliphatic carbocycles. The molecule has 2 aromatic carbocycles. The van der Waals surface area contributed by atoms with Crippen LogP contribution in [0.5, 0.6) is 11.5 Å². The Bertz CT molecular complexity index is 1500. The Kier molecular flexibility index (Phi) is 5.91. The number of anilines is 3. The average Bonchev–Trinajstić information content (AvgIpc) is 3.48.